The van der Waals surface area contributed by atoms with Gasteiger partial charge in [-0.25, -0.2) is 27.5 Å². The minimum atomic E-state index is -1.38. The van der Waals surface area contributed by atoms with Crippen molar-refractivity contribution in [3.63, 3.8) is 0 Å². The molecule has 23 heavy (non-hydrogen) atoms. The van der Waals surface area contributed by atoms with E-state index in [9.17, 15) is 17.6 Å². The topological polar surface area (TPSA) is 29.0 Å². The molecule has 2 aromatic rings. The molecule has 0 amide bonds. The molecule has 122 valence electrons. The van der Waals surface area contributed by atoms with Gasteiger partial charge in [-0.2, -0.15) is 0 Å². The number of benzene rings is 1. The molecule has 0 fully saturated rings. The maximum atomic E-state index is 13.8. The number of fused-ring (bicyclic) bond motifs is 1. The van der Waals surface area contributed by atoms with Crippen molar-refractivity contribution in [2.24, 2.45) is 0 Å². The van der Waals surface area contributed by atoms with Crippen LogP contribution >= 0.6 is 11.8 Å². The highest BCUT2D eigenvalue weighted by Crippen LogP contribution is 2.24. The summed E-state index contributed by atoms with van der Waals surface area (Å²) in [6, 6.07) is 0.220. The number of halogens is 4. The molecule has 0 spiro atoms. The first-order valence-electron chi connectivity index (χ1n) is 6.92. The van der Waals surface area contributed by atoms with Gasteiger partial charge in [0.05, 0.1) is 5.69 Å². The Morgan fingerprint density at radius 2 is 1.87 bits per heavy atom. The molecule has 1 aromatic heterocycles. The summed E-state index contributed by atoms with van der Waals surface area (Å²) in [6.45, 7) is 0.659. The van der Waals surface area contributed by atoms with Crippen LogP contribution in [0.1, 0.15) is 16.8 Å². The van der Waals surface area contributed by atoms with Crippen LogP contribution in [0.2, 0.25) is 0 Å². The van der Waals surface area contributed by atoms with Gasteiger partial charge in [0, 0.05) is 49.4 Å². The average Bonchev–Trinajstić information content (AvgIpc) is 2.56. The zero-order valence-corrected chi connectivity index (χ0v) is 13.1. The fraction of sp³-hybridized carbons (Fsp3) is 0.333. The van der Waals surface area contributed by atoms with Crippen LogP contribution in [0.15, 0.2) is 17.4 Å². The summed E-state index contributed by atoms with van der Waals surface area (Å²) in [4.78, 5) is 10.3. The van der Waals surface area contributed by atoms with Crippen molar-refractivity contribution in [1.82, 2.24) is 14.9 Å². The molecule has 3 nitrogen and oxygen atoms in total. The molecule has 1 aromatic carbocycles. The highest BCUT2D eigenvalue weighted by Gasteiger charge is 2.24. The molecule has 0 saturated carbocycles. The number of nitrogens with zero attached hydrogens (tertiary/aromatic N) is 3. The highest BCUT2D eigenvalue weighted by atomic mass is 32.2. The number of hydrogen-bond donors (Lipinski definition) is 0. The molecule has 3 rings (SSSR count). The molecule has 1 aliphatic rings. The Hall–Kier alpha value is -1.67. The lowest BCUT2D eigenvalue weighted by atomic mass is 10.1. The number of aromatic nitrogens is 2. The highest BCUT2D eigenvalue weighted by molar-refractivity contribution is 7.98. The van der Waals surface area contributed by atoms with Gasteiger partial charge in [-0.15, -0.1) is 0 Å². The molecule has 0 aliphatic carbocycles. The summed E-state index contributed by atoms with van der Waals surface area (Å²) >= 11 is 1.43. The lowest BCUT2D eigenvalue weighted by molar-refractivity contribution is 0.232. The molecule has 8 heteroatoms. The fourth-order valence-corrected chi connectivity index (χ4v) is 2.93. The maximum Gasteiger partial charge on any atom is 0.187 e. The molecular formula is C15H13F4N3S. The monoisotopic (exact) mass is 343 g/mol. The first-order valence-corrected chi connectivity index (χ1v) is 8.15. The molecule has 0 N–H and O–H groups in total. The van der Waals surface area contributed by atoms with Gasteiger partial charge in [0.15, 0.2) is 28.4 Å². The third-order valence-electron chi connectivity index (χ3n) is 3.76. The van der Waals surface area contributed by atoms with Crippen LogP contribution in [-0.4, -0.2) is 27.7 Å². The normalized spacial score (nSPS) is 14.8. The van der Waals surface area contributed by atoms with E-state index in [0.717, 1.165) is 11.3 Å². The van der Waals surface area contributed by atoms with Crippen LogP contribution in [0, 0.1) is 23.3 Å². The van der Waals surface area contributed by atoms with Crippen LogP contribution in [0.3, 0.4) is 0 Å². The van der Waals surface area contributed by atoms with Crippen molar-refractivity contribution in [2.75, 3.05) is 12.8 Å². The van der Waals surface area contributed by atoms with Crippen LogP contribution in [0.25, 0.3) is 0 Å². The van der Waals surface area contributed by atoms with Crippen molar-refractivity contribution in [3.8, 4) is 0 Å². The van der Waals surface area contributed by atoms with Gasteiger partial charge in [-0.1, -0.05) is 11.8 Å². The quantitative estimate of drug-likeness (QED) is 0.370. The zero-order chi connectivity index (χ0) is 16.6. The summed E-state index contributed by atoms with van der Waals surface area (Å²) in [5.41, 5.74) is 1.16. The number of hydrogen-bond acceptors (Lipinski definition) is 4. The predicted octanol–water partition coefficient (Wildman–Crippen LogP) is 3.31. The Morgan fingerprint density at radius 1 is 1.17 bits per heavy atom. The maximum absolute atomic E-state index is 13.8. The second kappa shape index (κ2) is 6.45. The summed E-state index contributed by atoms with van der Waals surface area (Å²) < 4.78 is 54.1. The van der Waals surface area contributed by atoms with E-state index in [1.165, 1.54) is 11.8 Å². The first kappa shape index (κ1) is 16.2. The van der Waals surface area contributed by atoms with Crippen LogP contribution < -0.4 is 0 Å². The van der Waals surface area contributed by atoms with Gasteiger partial charge in [0.2, 0.25) is 0 Å². The molecule has 0 radical (unpaired) electrons. The van der Waals surface area contributed by atoms with Crippen molar-refractivity contribution >= 4 is 11.8 Å². The van der Waals surface area contributed by atoms with Gasteiger partial charge in [0.25, 0.3) is 0 Å². The van der Waals surface area contributed by atoms with E-state index >= 15 is 0 Å². The minimum absolute atomic E-state index is 0.212. The van der Waals surface area contributed by atoms with Crippen LogP contribution in [-0.2, 0) is 19.5 Å². The van der Waals surface area contributed by atoms with Crippen LogP contribution in [0.5, 0.6) is 0 Å². The molecule has 0 atom stereocenters. The lowest BCUT2D eigenvalue weighted by Gasteiger charge is -2.28. The van der Waals surface area contributed by atoms with E-state index < -0.39 is 28.8 Å². The Labute approximate surface area is 134 Å². The Kier molecular flexibility index (Phi) is 4.54. The molecule has 2 heterocycles. The fourth-order valence-electron chi connectivity index (χ4n) is 2.57. The number of rotatable bonds is 3. The molecule has 1 aliphatic heterocycles. The minimum Gasteiger partial charge on any atom is -0.294 e. The van der Waals surface area contributed by atoms with Gasteiger partial charge in [-0.3, -0.25) is 4.90 Å². The summed E-state index contributed by atoms with van der Waals surface area (Å²) in [5, 5.41) is 0.668. The molecule has 0 unspecified atom stereocenters. The Balaban J connectivity index is 1.83. The van der Waals surface area contributed by atoms with Crippen molar-refractivity contribution in [1.29, 1.82) is 0 Å². The second-order valence-corrected chi connectivity index (χ2v) is 6.01. The lowest BCUT2D eigenvalue weighted by Crippen LogP contribution is -2.31. The average molecular weight is 343 g/mol. The Bertz CT molecular complexity index is 728. The van der Waals surface area contributed by atoms with E-state index in [2.05, 4.69) is 9.97 Å². The van der Waals surface area contributed by atoms with E-state index in [4.69, 9.17) is 0 Å². The Morgan fingerprint density at radius 3 is 2.52 bits per heavy atom. The molecule has 0 bridgehead atoms. The van der Waals surface area contributed by atoms with E-state index in [1.54, 1.807) is 11.1 Å². The molecular weight excluding hydrogens is 330 g/mol. The van der Waals surface area contributed by atoms with Gasteiger partial charge in [-0.05, 0) is 6.26 Å². The van der Waals surface area contributed by atoms with Gasteiger partial charge < -0.3 is 0 Å². The zero-order valence-electron chi connectivity index (χ0n) is 12.2. The summed E-state index contributed by atoms with van der Waals surface area (Å²) in [7, 11) is 0. The summed E-state index contributed by atoms with van der Waals surface area (Å²) in [5.74, 6) is -5.46. The predicted molar refractivity (Wildman–Crippen MR) is 77.9 cm³/mol. The van der Waals surface area contributed by atoms with Crippen LogP contribution in [0.4, 0.5) is 17.6 Å². The third-order valence-corrected chi connectivity index (χ3v) is 4.32. The SMILES string of the molecule is CSc1ncc2c(n1)CCN(Cc1c(F)c(F)cc(F)c1F)C2. The van der Waals surface area contributed by atoms with E-state index in [-0.39, 0.29) is 12.6 Å². The van der Waals surface area contributed by atoms with E-state index in [0.29, 0.717) is 24.7 Å². The first-order chi connectivity index (χ1) is 11.0. The molecule has 0 saturated heterocycles. The second-order valence-electron chi connectivity index (χ2n) is 5.24. The van der Waals surface area contributed by atoms with Gasteiger partial charge in [0.1, 0.15) is 0 Å². The third kappa shape index (κ3) is 3.18. The number of thioether (sulfide) groups is 1. The van der Waals surface area contributed by atoms with E-state index in [1.807, 2.05) is 6.26 Å². The summed E-state index contributed by atoms with van der Waals surface area (Å²) in [6.07, 6.45) is 4.15. The smallest absolute Gasteiger partial charge is 0.187 e. The van der Waals surface area contributed by atoms with Crippen molar-refractivity contribution < 1.29 is 17.6 Å². The largest absolute Gasteiger partial charge is 0.294 e. The standard InChI is InChI=1S/C15H13F4N3S/c1-23-15-20-5-8-6-22(3-2-12(8)21-15)7-9-13(18)10(16)4-11(17)14(9)19/h4-5H,2-3,6-7H2,1H3. The van der Waals surface area contributed by atoms with Gasteiger partial charge >= 0.3 is 0 Å². The van der Waals surface area contributed by atoms with Crippen molar-refractivity contribution in [2.45, 2.75) is 24.7 Å². The van der Waals surface area contributed by atoms with Crippen molar-refractivity contribution in [3.05, 3.63) is 52.4 Å².